The Hall–Kier alpha value is -0.920. The van der Waals surface area contributed by atoms with E-state index in [4.69, 9.17) is 11.6 Å². The van der Waals surface area contributed by atoms with Crippen molar-refractivity contribution >= 4 is 27.6 Å². The molecule has 0 bridgehead atoms. The smallest absolute Gasteiger partial charge is 0.254 e. The average molecular weight is 265 g/mol. The van der Waals surface area contributed by atoms with Crippen molar-refractivity contribution in [2.75, 3.05) is 11.8 Å². The normalized spacial score (nSPS) is 12.1. The van der Waals surface area contributed by atoms with Gasteiger partial charge in [0.25, 0.3) is 0 Å². The average Bonchev–Trinajstić information content (AvgIpc) is 2.15. The van der Waals surface area contributed by atoms with Gasteiger partial charge in [0.15, 0.2) is 0 Å². The quantitative estimate of drug-likeness (QED) is 0.827. The lowest BCUT2D eigenvalue weighted by Crippen LogP contribution is -2.37. The minimum Gasteiger partial charge on any atom is -0.254 e. The second-order valence-electron chi connectivity index (χ2n) is 3.44. The summed E-state index contributed by atoms with van der Waals surface area (Å²) in [6, 6.07) is 1.20. The maximum atomic E-state index is 11.8. The molecule has 0 aromatic carbocycles. The summed E-state index contributed by atoms with van der Waals surface area (Å²) < 4.78 is 27.0. The highest BCUT2D eigenvalue weighted by atomic mass is 35.5. The Kier molecular flexibility index (Phi) is 4.06. The molecule has 0 amide bonds. The van der Waals surface area contributed by atoms with Crippen molar-refractivity contribution in [1.29, 1.82) is 0 Å². The molecule has 90 valence electrons. The zero-order chi connectivity index (χ0) is 12.3. The molecule has 1 aromatic heterocycles. The van der Waals surface area contributed by atoms with Gasteiger partial charge in [-0.1, -0.05) is 11.6 Å². The molecule has 0 spiro atoms. The van der Waals surface area contributed by atoms with Gasteiger partial charge in [0, 0.05) is 19.2 Å². The molecule has 0 saturated heterocycles. The molecule has 1 aromatic rings. The van der Waals surface area contributed by atoms with Gasteiger partial charge in [0.05, 0.1) is 0 Å². The Morgan fingerprint density at radius 2 is 2.06 bits per heavy atom. The molecule has 16 heavy (non-hydrogen) atoms. The van der Waals surface area contributed by atoms with E-state index in [0.717, 1.165) is 0 Å². The summed E-state index contributed by atoms with van der Waals surface area (Å²) in [5, 5.41) is 0.180. The van der Waals surface area contributed by atoms with Gasteiger partial charge in [0.2, 0.25) is 0 Å². The summed E-state index contributed by atoms with van der Waals surface area (Å²) in [5.74, 6) is 0.146. The molecule has 0 radical (unpaired) electrons. The number of halogens is 1. The zero-order valence-electron chi connectivity index (χ0n) is 9.18. The molecule has 0 atom stereocenters. The second-order valence-corrected chi connectivity index (χ2v) is 5.56. The molecular formula is C8H13ClN4O2S. The summed E-state index contributed by atoms with van der Waals surface area (Å²) in [5.41, 5.74) is 0. The van der Waals surface area contributed by atoms with Crippen LogP contribution in [-0.4, -0.2) is 35.8 Å². The second kappa shape index (κ2) is 4.94. The molecule has 6 nitrogen and oxygen atoms in total. The molecule has 0 aliphatic carbocycles. The van der Waals surface area contributed by atoms with Crippen molar-refractivity contribution < 1.29 is 8.42 Å². The van der Waals surface area contributed by atoms with Crippen LogP contribution in [0.15, 0.2) is 12.4 Å². The van der Waals surface area contributed by atoms with Crippen LogP contribution >= 0.6 is 11.6 Å². The van der Waals surface area contributed by atoms with Crippen LogP contribution in [-0.2, 0) is 10.2 Å². The van der Waals surface area contributed by atoms with Crippen LogP contribution in [0.1, 0.15) is 13.8 Å². The van der Waals surface area contributed by atoms with Gasteiger partial charge in [-0.2, -0.15) is 12.7 Å². The van der Waals surface area contributed by atoms with Gasteiger partial charge in [-0.3, -0.25) is 4.72 Å². The lowest BCUT2D eigenvalue weighted by molar-refractivity contribution is 0.414. The van der Waals surface area contributed by atoms with Gasteiger partial charge >= 0.3 is 10.2 Å². The van der Waals surface area contributed by atoms with E-state index in [-0.39, 0.29) is 17.0 Å². The number of nitrogens with zero attached hydrogens (tertiary/aromatic N) is 3. The van der Waals surface area contributed by atoms with Gasteiger partial charge in [-0.15, -0.1) is 0 Å². The largest absolute Gasteiger partial charge is 0.302 e. The summed E-state index contributed by atoms with van der Waals surface area (Å²) >= 11 is 5.62. The standard InChI is InChI=1S/C8H13ClN4O2S/c1-6(2)13(3)16(14,15)12-8-4-7(9)10-5-11-8/h4-6H,1-3H3,(H,10,11,12). The van der Waals surface area contributed by atoms with Crippen LogP contribution in [0.3, 0.4) is 0 Å². The first-order chi connectivity index (χ1) is 7.33. The number of nitrogens with one attached hydrogen (secondary N) is 1. The maximum absolute atomic E-state index is 11.8. The lowest BCUT2D eigenvalue weighted by atomic mass is 10.4. The third kappa shape index (κ3) is 3.29. The topological polar surface area (TPSA) is 75.2 Å². The number of hydrogen-bond donors (Lipinski definition) is 1. The summed E-state index contributed by atoms with van der Waals surface area (Å²) in [7, 11) is -2.11. The minimum atomic E-state index is -3.59. The Labute approximate surface area is 99.8 Å². The minimum absolute atomic E-state index is 0.144. The lowest BCUT2D eigenvalue weighted by Gasteiger charge is -2.21. The van der Waals surface area contributed by atoms with Crippen LogP contribution in [0.25, 0.3) is 0 Å². The van der Waals surface area contributed by atoms with Crippen LogP contribution in [0, 0.1) is 0 Å². The predicted octanol–water partition coefficient (Wildman–Crippen LogP) is 1.13. The highest BCUT2D eigenvalue weighted by molar-refractivity contribution is 7.90. The SMILES string of the molecule is CC(C)N(C)S(=O)(=O)Nc1cc(Cl)ncn1. The van der Waals surface area contributed by atoms with E-state index in [1.54, 1.807) is 13.8 Å². The Balaban J connectivity index is 2.89. The van der Waals surface area contributed by atoms with Crippen molar-refractivity contribution in [2.24, 2.45) is 0 Å². The third-order valence-electron chi connectivity index (χ3n) is 1.97. The van der Waals surface area contributed by atoms with Gasteiger partial charge in [-0.25, -0.2) is 9.97 Å². The van der Waals surface area contributed by atoms with E-state index < -0.39 is 10.2 Å². The Morgan fingerprint density at radius 1 is 1.44 bits per heavy atom. The van der Waals surface area contributed by atoms with Crippen molar-refractivity contribution in [2.45, 2.75) is 19.9 Å². The Morgan fingerprint density at radius 3 is 2.56 bits per heavy atom. The fraction of sp³-hybridized carbons (Fsp3) is 0.500. The van der Waals surface area contributed by atoms with E-state index >= 15 is 0 Å². The number of anilines is 1. The predicted molar refractivity (Wildman–Crippen MR) is 62.5 cm³/mol. The van der Waals surface area contributed by atoms with E-state index in [2.05, 4.69) is 14.7 Å². The highest BCUT2D eigenvalue weighted by Crippen LogP contribution is 2.12. The maximum Gasteiger partial charge on any atom is 0.302 e. The molecule has 0 saturated carbocycles. The van der Waals surface area contributed by atoms with E-state index in [0.29, 0.717) is 0 Å². The first-order valence-electron chi connectivity index (χ1n) is 4.56. The first-order valence-corrected chi connectivity index (χ1v) is 6.38. The summed E-state index contributed by atoms with van der Waals surface area (Å²) in [4.78, 5) is 7.41. The fourth-order valence-corrected chi connectivity index (χ4v) is 2.09. The third-order valence-corrected chi connectivity index (χ3v) is 3.83. The zero-order valence-corrected chi connectivity index (χ0v) is 10.7. The molecule has 0 aliphatic rings. The fourth-order valence-electron chi connectivity index (χ4n) is 0.871. The number of rotatable bonds is 4. The van der Waals surface area contributed by atoms with Crippen molar-refractivity contribution in [3.8, 4) is 0 Å². The first kappa shape index (κ1) is 13.1. The number of aromatic nitrogens is 2. The molecule has 1 rings (SSSR count). The highest BCUT2D eigenvalue weighted by Gasteiger charge is 2.20. The molecular weight excluding hydrogens is 252 g/mol. The van der Waals surface area contributed by atoms with Gasteiger partial charge in [0.1, 0.15) is 17.3 Å². The monoisotopic (exact) mass is 264 g/mol. The van der Waals surface area contributed by atoms with Gasteiger partial charge < -0.3 is 0 Å². The van der Waals surface area contributed by atoms with Crippen molar-refractivity contribution in [3.05, 3.63) is 17.5 Å². The van der Waals surface area contributed by atoms with Crippen LogP contribution in [0.4, 0.5) is 5.82 Å². The van der Waals surface area contributed by atoms with E-state index in [9.17, 15) is 8.42 Å². The molecule has 0 aliphatic heterocycles. The molecule has 1 heterocycles. The summed E-state index contributed by atoms with van der Waals surface area (Å²) in [6.45, 7) is 3.54. The number of hydrogen-bond acceptors (Lipinski definition) is 4. The van der Waals surface area contributed by atoms with E-state index in [1.807, 2.05) is 0 Å². The van der Waals surface area contributed by atoms with E-state index in [1.165, 1.54) is 23.7 Å². The Bertz CT molecular complexity index is 463. The molecule has 1 N–H and O–H groups in total. The van der Waals surface area contributed by atoms with Crippen molar-refractivity contribution in [3.63, 3.8) is 0 Å². The van der Waals surface area contributed by atoms with Crippen molar-refractivity contribution in [1.82, 2.24) is 14.3 Å². The molecule has 0 fully saturated rings. The van der Waals surface area contributed by atoms with Crippen LogP contribution < -0.4 is 4.72 Å². The van der Waals surface area contributed by atoms with Crippen LogP contribution in [0.2, 0.25) is 5.15 Å². The molecule has 8 heteroatoms. The summed E-state index contributed by atoms with van der Waals surface area (Å²) in [6.07, 6.45) is 1.19. The van der Waals surface area contributed by atoms with Crippen LogP contribution in [0.5, 0.6) is 0 Å². The molecule has 0 unspecified atom stereocenters. The van der Waals surface area contributed by atoms with Gasteiger partial charge in [-0.05, 0) is 13.8 Å².